The number of non-ortho nitro benzene ring substituents is 1. The minimum atomic E-state index is -0.443. The van der Waals surface area contributed by atoms with E-state index >= 15 is 0 Å². The van der Waals surface area contributed by atoms with Crippen LogP contribution in [0.5, 0.6) is 5.75 Å². The SMILES string of the molecule is CC(=O)N1CCN(C2=NC(=O)C(=Cc3ccccc3OCc3ccc([N+](=O)[O-])cc3)S2)CC1. The van der Waals surface area contributed by atoms with E-state index < -0.39 is 4.92 Å². The molecule has 2 heterocycles. The highest BCUT2D eigenvalue weighted by molar-refractivity contribution is 8.18. The molecule has 0 bridgehead atoms. The van der Waals surface area contributed by atoms with E-state index in [1.54, 1.807) is 30.0 Å². The summed E-state index contributed by atoms with van der Waals surface area (Å²) in [6, 6.07) is 13.6. The number of aliphatic imine (C=N–C) groups is 1. The second kappa shape index (κ2) is 9.86. The molecule has 0 atom stereocenters. The van der Waals surface area contributed by atoms with Gasteiger partial charge in [0.05, 0.1) is 9.83 Å². The van der Waals surface area contributed by atoms with Crippen LogP contribution < -0.4 is 4.74 Å². The molecule has 4 rings (SSSR count). The lowest BCUT2D eigenvalue weighted by Gasteiger charge is -2.34. The van der Waals surface area contributed by atoms with E-state index in [1.807, 2.05) is 29.2 Å². The molecule has 1 saturated heterocycles. The predicted octanol–water partition coefficient (Wildman–Crippen LogP) is 3.31. The molecule has 33 heavy (non-hydrogen) atoms. The summed E-state index contributed by atoms with van der Waals surface area (Å²) in [4.78, 5) is 42.9. The molecule has 0 saturated carbocycles. The van der Waals surface area contributed by atoms with E-state index in [0.29, 0.717) is 42.0 Å². The Hall–Kier alpha value is -3.66. The van der Waals surface area contributed by atoms with Crippen molar-refractivity contribution in [3.63, 3.8) is 0 Å². The first kappa shape index (κ1) is 22.5. The third kappa shape index (κ3) is 5.40. The van der Waals surface area contributed by atoms with Gasteiger partial charge in [0.2, 0.25) is 5.91 Å². The van der Waals surface area contributed by atoms with Gasteiger partial charge in [0.25, 0.3) is 11.6 Å². The van der Waals surface area contributed by atoms with Crippen LogP contribution in [0, 0.1) is 10.1 Å². The molecule has 9 nitrogen and oxygen atoms in total. The standard InChI is InChI=1S/C23H22N4O5S/c1-16(28)25-10-12-26(13-11-25)23-24-22(29)21(33-23)14-18-4-2-3-5-20(18)32-15-17-6-8-19(9-7-17)27(30)31/h2-9,14H,10-13,15H2,1H3. The summed E-state index contributed by atoms with van der Waals surface area (Å²) in [7, 11) is 0. The molecule has 2 aromatic carbocycles. The fourth-order valence-electron chi connectivity index (χ4n) is 3.49. The summed E-state index contributed by atoms with van der Waals surface area (Å²) in [6.45, 7) is 4.30. The number of rotatable bonds is 5. The zero-order valence-corrected chi connectivity index (χ0v) is 18.8. The lowest BCUT2D eigenvalue weighted by atomic mass is 10.1. The van der Waals surface area contributed by atoms with Crippen LogP contribution in [0.3, 0.4) is 0 Å². The van der Waals surface area contributed by atoms with Crippen LogP contribution in [-0.2, 0) is 16.2 Å². The summed E-state index contributed by atoms with van der Waals surface area (Å²) in [5.41, 5.74) is 1.57. The maximum absolute atomic E-state index is 12.5. The number of hydrogen-bond donors (Lipinski definition) is 0. The molecule has 2 aromatic rings. The zero-order valence-electron chi connectivity index (χ0n) is 18.0. The van der Waals surface area contributed by atoms with Gasteiger partial charge in [-0.15, -0.1) is 0 Å². The molecular formula is C23H22N4O5S. The molecule has 0 N–H and O–H groups in total. The second-order valence-electron chi connectivity index (χ2n) is 7.55. The number of nitro groups is 1. The van der Waals surface area contributed by atoms with Crippen molar-refractivity contribution in [1.29, 1.82) is 0 Å². The number of thioether (sulfide) groups is 1. The molecule has 0 radical (unpaired) electrons. The number of benzene rings is 2. The first-order chi connectivity index (χ1) is 15.9. The number of carbonyl (C=O) groups excluding carboxylic acids is 2. The lowest BCUT2D eigenvalue weighted by Crippen LogP contribution is -2.49. The average molecular weight is 467 g/mol. The van der Waals surface area contributed by atoms with Gasteiger partial charge in [-0.1, -0.05) is 18.2 Å². The molecule has 0 unspecified atom stereocenters. The predicted molar refractivity (Wildman–Crippen MR) is 126 cm³/mol. The molecule has 0 spiro atoms. The van der Waals surface area contributed by atoms with Crippen LogP contribution in [-0.4, -0.2) is 57.9 Å². The topological polar surface area (TPSA) is 105 Å². The van der Waals surface area contributed by atoms with E-state index in [9.17, 15) is 19.7 Å². The summed E-state index contributed by atoms with van der Waals surface area (Å²) < 4.78 is 5.93. The highest BCUT2D eigenvalue weighted by Gasteiger charge is 2.29. The Balaban J connectivity index is 1.42. The van der Waals surface area contributed by atoms with Gasteiger partial charge >= 0.3 is 0 Å². The quantitative estimate of drug-likeness (QED) is 0.378. The van der Waals surface area contributed by atoms with Crippen molar-refractivity contribution < 1.29 is 19.2 Å². The van der Waals surface area contributed by atoms with Gasteiger partial charge in [-0.2, -0.15) is 4.99 Å². The Morgan fingerprint density at radius 2 is 1.85 bits per heavy atom. The van der Waals surface area contributed by atoms with Crippen LogP contribution in [0.4, 0.5) is 5.69 Å². The van der Waals surface area contributed by atoms with Crippen molar-refractivity contribution in [3.05, 3.63) is 74.7 Å². The second-order valence-corrected chi connectivity index (χ2v) is 8.56. The number of nitro benzene ring substituents is 1. The van der Waals surface area contributed by atoms with Crippen molar-refractivity contribution >= 4 is 40.5 Å². The molecular weight excluding hydrogens is 444 g/mol. The number of amidine groups is 1. The number of amides is 2. The Bertz CT molecular complexity index is 1140. The van der Waals surface area contributed by atoms with E-state index in [-0.39, 0.29) is 24.1 Å². The first-order valence-electron chi connectivity index (χ1n) is 10.4. The molecule has 2 aliphatic rings. The maximum Gasteiger partial charge on any atom is 0.286 e. The number of nitrogens with zero attached hydrogens (tertiary/aromatic N) is 4. The van der Waals surface area contributed by atoms with Crippen LogP contribution in [0.2, 0.25) is 0 Å². The van der Waals surface area contributed by atoms with Gasteiger partial charge < -0.3 is 14.5 Å². The maximum atomic E-state index is 12.5. The van der Waals surface area contributed by atoms with Crippen molar-refractivity contribution in [2.24, 2.45) is 4.99 Å². The normalized spacial score (nSPS) is 17.3. The molecule has 1 fully saturated rings. The van der Waals surface area contributed by atoms with Crippen molar-refractivity contribution in [1.82, 2.24) is 9.80 Å². The first-order valence-corrected chi connectivity index (χ1v) is 11.2. The zero-order chi connectivity index (χ0) is 23.4. The number of ether oxygens (including phenoxy) is 1. The van der Waals surface area contributed by atoms with Gasteiger partial charge in [0.1, 0.15) is 12.4 Å². The minimum Gasteiger partial charge on any atom is -0.488 e. The van der Waals surface area contributed by atoms with Gasteiger partial charge in [-0.3, -0.25) is 19.7 Å². The Labute approximate surface area is 194 Å². The van der Waals surface area contributed by atoms with Gasteiger partial charge in [0, 0.05) is 50.8 Å². The molecule has 2 amide bonds. The third-order valence-electron chi connectivity index (χ3n) is 5.35. The molecule has 0 aliphatic carbocycles. The van der Waals surface area contributed by atoms with E-state index in [0.717, 1.165) is 11.1 Å². The number of para-hydroxylation sites is 1. The van der Waals surface area contributed by atoms with Crippen molar-refractivity contribution in [3.8, 4) is 5.75 Å². The van der Waals surface area contributed by atoms with Gasteiger partial charge in [0.15, 0.2) is 5.17 Å². The van der Waals surface area contributed by atoms with Crippen molar-refractivity contribution in [2.75, 3.05) is 26.2 Å². The van der Waals surface area contributed by atoms with E-state index in [2.05, 4.69) is 4.99 Å². The lowest BCUT2D eigenvalue weighted by molar-refractivity contribution is -0.384. The monoisotopic (exact) mass is 466 g/mol. The highest BCUT2D eigenvalue weighted by Crippen LogP contribution is 2.33. The average Bonchev–Trinajstić information content (AvgIpc) is 3.19. The largest absolute Gasteiger partial charge is 0.488 e. The summed E-state index contributed by atoms with van der Waals surface area (Å²) in [5.74, 6) is 0.354. The fraction of sp³-hybridized carbons (Fsp3) is 0.261. The number of piperazine rings is 1. The Kier molecular flexibility index (Phi) is 6.74. The fourth-order valence-corrected chi connectivity index (χ4v) is 4.45. The van der Waals surface area contributed by atoms with Crippen LogP contribution in [0.25, 0.3) is 6.08 Å². The minimum absolute atomic E-state index is 0.0270. The third-order valence-corrected chi connectivity index (χ3v) is 6.40. The number of hydrogen-bond acceptors (Lipinski definition) is 7. The van der Waals surface area contributed by atoms with Crippen LogP contribution in [0.1, 0.15) is 18.1 Å². The van der Waals surface area contributed by atoms with E-state index in [4.69, 9.17) is 4.74 Å². The Morgan fingerprint density at radius 3 is 2.52 bits per heavy atom. The smallest absolute Gasteiger partial charge is 0.286 e. The molecule has 2 aliphatic heterocycles. The molecule has 10 heteroatoms. The summed E-state index contributed by atoms with van der Waals surface area (Å²) in [6.07, 6.45) is 1.76. The number of carbonyl (C=O) groups is 2. The highest BCUT2D eigenvalue weighted by atomic mass is 32.2. The molecule has 170 valence electrons. The van der Waals surface area contributed by atoms with E-state index in [1.165, 1.54) is 23.9 Å². The summed E-state index contributed by atoms with van der Waals surface area (Å²) in [5, 5.41) is 11.5. The van der Waals surface area contributed by atoms with Crippen LogP contribution >= 0.6 is 11.8 Å². The van der Waals surface area contributed by atoms with Gasteiger partial charge in [-0.05, 0) is 41.6 Å². The van der Waals surface area contributed by atoms with Crippen LogP contribution in [0.15, 0.2) is 58.4 Å². The summed E-state index contributed by atoms with van der Waals surface area (Å²) >= 11 is 1.32. The Morgan fingerprint density at radius 1 is 1.15 bits per heavy atom. The molecule has 0 aromatic heterocycles. The van der Waals surface area contributed by atoms with Gasteiger partial charge in [-0.25, -0.2) is 0 Å². The van der Waals surface area contributed by atoms with Crippen molar-refractivity contribution in [2.45, 2.75) is 13.5 Å².